The highest BCUT2D eigenvalue weighted by Gasteiger charge is 2.19. The Balaban J connectivity index is 1.53. The van der Waals surface area contributed by atoms with Crippen LogP contribution in [0, 0.1) is 13.8 Å². The van der Waals surface area contributed by atoms with Gasteiger partial charge < -0.3 is 0 Å². The van der Waals surface area contributed by atoms with Crippen LogP contribution >= 0.6 is 0 Å². The summed E-state index contributed by atoms with van der Waals surface area (Å²) in [5.74, 6) is 0.773. The van der Waals surface area contributed by atoms with Gasteiger partial charge in [0.1, 0.15) is 0 Å². The number of aryl methyl sites for hydroxylation is 1. The molecular weight excluding hydrogens is 308 g/mol. The summed E-state index contributed by atoms with van der Waals surface area (Å²) in [6.45, 7) is 7.32. The first kappa shape index (κ1) is 15.9. The van der Waals surface area contributed by atoms with E-state index in [1.807, 2.05) is 24.5 Å². The second-order valence-electron chi connectivity index (χ2n) is 6.73. The lowest BCUT2D eigenvalue weighted by atomic mass is 10.0. The Bertz CT molecular complexity index is 890. The third kappa shape index (κ3) is 3.30. The van der Waals surface area contributed by atoms with E-state index in [2.05, 4.69) is 46.9 Å². The highest BCUT2D eigenvalue weighted by molar-refractivity contribution is 5.53. The normalized spacial score (nSPS) is 14.3. The molecule has 0 bridgehead atoms. The van der Waals surface area contributed by atoms with E-state index in [-0.39, 0.29) is 0 Å². The summed E-state index contributed by atoms with van der Waals surface area (Å²) in [4.78, 5) is 16.0. The van der Waals surface area contributed by atoms with E-state index in [0.717, 1.165) is 37.4 Å². The molecule has 4 rings (SSSR count). The summed E-state index contributed by atoms with van der Waals surface area (Å²) < 4.78 is 0. The van der Waals surface area contributed by atoms with Crippen molar-refractivity contribution in [2.24, 2.45) is 0 Å². The van der Waals surface area contributed by atoms with Crippen molar-refractivity contribution < 1.29 is 0 Å². The summed E-state index contributed by atoms with van der Waals surface area (Å²) in [7, 11) is 0. The smallest absolute Gasteiger partial charge is 0.160 e. The minimum Gasteiger partial charge on any atom is -0.294 e. The van der Waals surface area contributed by atoms with Crippen LogP contribution in [0.2, 0.25) is 0 Å². The van der Waals surface area contributed by atoms with Crippen LogP contribution in [0.1, 0.15) is 27.9 Å². The minimum absolute atomic E-state index is 0.773. The number of benzene rings is 1. The third-order valence-electron chi connectivity index (χ3n) is 5.04. The molecule has 25 heavy (non-hydrogen) atoms. The number of pyridine rings is 1. The third-order valence-corrected chi connectivity index (χ3v) is 5.04. The molecule has 0 atom stereocenters. The lowest BCUT2D eigenvalue weighted by Crippen LogP contribution is -2.31. The van der Waals surface area contributed by atoms with Gasteiger partial charge in [-0.1, -0.05) is 18.2 Å². The summed E-state index contributed by atoms with van der Waals surface area (Å²) in [5, 5.41) is 0. The number of hydrogen-bond donors (Lipinski definition) is 0. The monoisotopic (exact) mass is 330 g/mol. The van der Waals surface area contributed by atoms with Crippen LogP contribution in [0.3, 0.4) is 0 Å². The maximum Gasteiger partial charge on any atom is 0.160 e. The maximum absolute atomic E-state index is 4.78. The molecule has 4 heteroatoms. The van der Waals surface area contributed by atoms with E-state index < -0.39 is 0 Å². The van der Waals surface area contributed by atoms with Crippen LogP contribution in [-0.4, -0.2) is 26.4 Å². The molecule has 0 N–H and O–H groups in total. The molecule has 1 aromatic carbocycles. The zero-order valence-electron chi connectivity index (χ0n) is 14.7. The van der Waals surface area contributed by atoms with Crippen molar-refractivity contribution in [3.8, 4) is 11.4 Å². The first-order chi connectivity index (χ1) is 12.2. The second-order valence-corrected chi connectivity index (χ2v) is 6.73. The standard InChI is InChI=1S/C21H22N4/c1-15-5-3-6-18(16(15)2)13-25-10-8-20-19(14-25)12-23-21(24-20)17-7-4-9-22-11-17/h3-7,9,11-12H,8,10,13-14H2,1-2H3. The first-order valence-electron chi connectivity index (χ1n) is 8.73. The fraction of sp³-hybridized carbons (Fsp3) is 0.286. The summed E-state index contributed by atoms with van der Waals surface area (Å²) in [6, 6.07) is 10.5. The molecule has 0 spiro atoms. The summed E-state index contributed by atoms with van der Waals surface area (Å²) in [6.07, 6.45) is 6.54. The van der Waals surface area contributed by atoms with Crippen LogP contribution in [0.25, 0.3) is 11.4 Å². The number of hydrogen-bond acceptors (Lipinski definition) is 4. The van der Waals surface area contributed by atoms with Crippen molar-refractivity contribution in [1.29, 1.82) is 0 Å². The van der Waals surface area contributed by atoms with Crippen LogP contribution in [-0.2, 0) is 19.5 Å². The topological polar surface area (TPSA) is 41.9 Å². The number of fused-ring (bicyclic) bond motifs is 1. The van der Waals surface area contributed by atoms with E-state index >= 15 is 0 Å². The molecule has 0 unspecified atom stereocenters. The van der Waals surface area contributed by atoms with Gasteiger partial charge in [0.25, 0.3) is 0 Å². The van der Waals surface area contributed by atoms with E-state index in [1.54, 1.807) is 6.20 Å². The molecule has 3 heterocycles. The van der Waals surface area contributed by atoms with Gasteiger partial charge in [0.2, 0.25) is 0 Å². The Morgan fingerprint density at radius 2 is 2.00 bits per heavy atom. The molecule has 0 amide bonds. The van der Waals surface area contributed by atoms with E-state index in [9.17, 15) is 0 Å². The first-order valence-corrected chi connectivity index (χ1v) is 8.73. The molecule has 0 radical (unpaired) electrons. The van der Waals surface area contributed by atoms with Crippen LogP contribution in [0.5, 0.6) is 0 Å². The number of aromatic nitrogens is 3. The van der Waals surface area contributed by atoms with Gasteiger partial charge in [0, 0.05) is 55.8 Å². The minimum atomic E-state index is 0.773. The predicted molar refractivity (Wildman–Crippen MR) is 99.0 cm³/mol. The van der Waals surface area contributed by atoms with Crippen LogP contribution in [0.4, 0.5) is 0 Å². The SMILES string of the molecule is Cc1cccc(CN2CCc3nc(-c4cccnc4)ncc3C2)c1C. The van der Waals surface area contributed by atoms with Crippen LogP contribution in [0.15, 0.2) is 48.9 Å². The van der Waals surface area contributed by atoms with E-state index in [4.69, 9.17) is 4.98 Å². The molecule has 2 aromatic heterocycles. The molecule has 0 fully saturated rings. The van der Waals surface area contributed by atoms with Gasteiger partial charge >= 0.3 is 0 Å². The predicted octanol–water partition coefficient (Wildman–Crippen LogP) is 3.71. The zero-order valence-corrected chi connectivity index (χ0v) is 14.7. The Labute approximate surface area is 148 Å². The fourth-order valence-corrected chi connectivity index (χ4v) is 3.37. The van der Waals surface area contributed by atoms with Crippen LogP contribution < -0.4 is 0 Å². The molecule has 126 valence electrons. The maximum atomic E-state index is 4.78. The molecule has 1 aliphatic rings. The Kier molecular flexibility index (Phi) is 4.28. The summed E-state index contributed by atoms with van der Waals surface area (Å²) in [5.41, 5.74) is 7.56. The molecule has 4 nitrogen and oxygen atoms in total. The highest BCUT2D eigenvalue weighted by atomic mass is 15.1. The number of rotatable bonds is 3. The van der Waals surface area contributed by atoms with Gasteiger partial charge in [0.05, 0.1) is 5.69 Å². The average molecular weight is 330 g/mol. The molecule has 0 aliphatic carbocycles. The quantitative estimate of drug-likeness (QED) is 0.734. The van der Waals surface area contributed by atoms with Gasteiger partial charge in [-0.15, -0.1) is 0 Å². The Hall–Kier alpha value is -2.59. The van der Waals surface area contributed by atoms with Crippen molar-refractivity contribution in [1.82, 2.24) is 19.9 Å². The molecule has 3 aromatic rings. The molecule has 0 saturated heterocycles. The van der Waals surface area contributed by atoms with E-state index in [1.165, 1.54) is 27.9 Å². The average Bonchev–Trinajstić information content (AvgIpc) is 2.66. The van der Waals surface area contributed by atoms with Crippen molar-refractivity contribution in [2.75, 3.05) is 6.54 Å². The lowest BCUT2D eigenvalue weighted by molar-refractivity contribution is 0.242. The van der Waals surface area contributed by atoms with Gasteiger partial charge in [-0.3, -0.25) is 9.88 Å². The lowest BCUT2D eigenvalue weighted by Gasteiger charge is -2.28. The van der Waals surface area contributed by atoms with Gasteiger partial charge in [0.15, 0.2) is 5.82 Å². The Morgan fingerprint density at radius 3 is 2.84 bits per heavy atom. The zero-order chi connectivity index (χ0) is 17.2. The molecular formula is C21H22N4. The Morgan fingerprint density at radius 1 is 1.08 bits per heavy atom. The van der Waals surface area contributed by atoms with Crippen molar-refractivity contribution in [2.45, 2.75) is 33.4 Å². The largest absolute Gasteiger partial charge is 0.294 e. The van der Waals surface area contributed by atoms with Gasteiger partial charge in [-0.25, -0.2) is 9.97 Å². The van der Waals surface area contributed by atoms with E-state index in [0.29, 0.717) is 0 Å². The van der Waals surface area contributed by atoms with Crippen molar-refractivity contribution >= 4 is 0 Å². The van der Waals surface area contributed by atoms with Gasteiger partial charge in [-0.2, -0.15) is 0 Å². The molecule has 1 aliphatic heterocycles. The fourth-order valence-electron chi connectivity index (χ4n) is 3.37. The second kappa shape index (κ2) is 6.73. The molecule has 0 saturated carbocycles. The highest BCUT2D eigenvalue weighted by Crippen LogP contribution is 2.23. The number of nitrogens with zero attached hydrogens (tertiary/aromatic N) is 4. The van der Waals surface area contributed by atoms with Gasteiger partial charge in [-0.05, 0) is 42.7 Å². The van der Waals surface area contributed by atoms with Crippen molar-refractivity contribution in [3.05, 3.63) is 76.9 Å². The summed E-state index contributed by atoms with van der Waals surface area (Å²) >= 11 is 0. The van der Waals surface area contributed by atoms with Crippen molar-refractivity contribution in [3.63, 3.8) is 0 Å².